The molecule has 0 radical (unpaired) electrons. The van der Waals surface area contributed by atoms with Gasteiger partial charge in [0.25, 0.3) is 0 Å². The molecule has 0 amide bonds. The van der Waals surface area contributed by atoms with Gasteiger partial charge in [-0.1, -0.05) is 19.8 Å². The Hall–Kier alpha value is -1.38. The Morgan fingerprint density at radius 3 is 2.60 bits per heavy atom. The Labute approximate surface area is 120 Å². The first-order chi connectivity index (χ1) is 9.44. The molecule has 1 fully saturated rings. The van der Waals surface area contributed by atoms with Crippen LogP contribution in [-0.4, -0.2) is 14.5 Å². The van der Waals surface area contributed by atoms with Gasteiger partial charge in [0.2, 0.25) is 10.0 Å². The molecule has 5 heteroatoms. The highest BCUT2D eigenvalue weighted by Crippen LogP contribution is 2.25. The smallest absolute Gasteiger partial charge is 0.208 e. The standard InChI is InChI=1S/C15H20N2O2S/c1-11-5-3-4-6-15(11)17-20(18,19)14-8-7-13(10-16)12(2)9-14/h7-9,11,15,17H,3-6H2,1-2H3. The molecule has 0 heterocycles. The van der Waals surface area contributed by atoms with Crippen molar-refractivity contribution in [3.05, 3.63) is 29.3 Å². The maximum atomic E-state index is 12.4. The van der Waals surface area contributed by atoms with Gasteiger partial charge in [0.05, 0.1) is 16.5 Å². The van der Waals surface area contributed by atoms with Gasteiger partial charge in [-0.3, -0.25) is 0 Å². The van der Waals surface area contributed by atoms with Gasteiger partial charge < -0.3 is 0 Å². The van der Waals surface area contributed by atoms with Crippen LogP contribution in [-0.2, 0) is 10.0 Å². The molecule has 20 heavy (non-hydrogen) atoms. The predicted octanol–water partition coefficient (Wildman–Crippen LogP) is 2.72. The predicted molar refractivity (Wildman–Crippen MR) is 77.6 cm³/mol. The van der Waals surface area contributed by atoms with Crippen LogP contribution in [0, 0.1) is 24.2 Å². The highest BCUT2D eigenvalue weighted by atomic mass is 32.2. The van der Waals surface area contributed by atoms with Crippen LogP contribution in [0.15, 0.2) is 23.1 Å². The van der Waals surface area contributed by atoms with Crippen LogP contribution in [0.25, 0.3) is 0 Å². The molecular formula is C15H20N2O2S. The summed E-state index contributed by atoms with van der Waals surface area (Å²) >= 11 is 0. The second-order valence-corrected chi connectivity index (χ2v) is 7.29. The maximum absolute atomic E-state index is 12.4. The minimum atomic E-state index is -3.50. The number of aryl methyl sites for hydroxylation is 1. The highest BCUT2D eigenvalue weighted by Gasteiger charge is 2.26. The van der Waals surface area contributed by atoms with E-state index in [4.69, 9.17) is 5.26 Å². The Balaban J connectivity index is 2.22. The topological polar surface area (TPSA) is 70.0 Å². The maximum Gasteiger partial charge on any atom is 0.240 e. The third-order valence-corrected chi connectivity index (χ3v) is 5.53. The van der Waals surface area contributed by atoms with Crippen LogP contribution < -0.4 is 4.72 Å². The van der Waals surface area contributed by atoms with Crippen molar-refractivity contribution in [3.63, 3.8) is 0 Å². The van der Waals surface area contributed by atoms with Crippen molar-refractivity contribution < 1.29 is 8.42 Å². The summed E-state index contributed by atoms with van der Waals surface area (Å²) in [5.74, 6) is 0.373. The molecule has 0 saturated heterocycles. The monoisotopic (exact) mass is 292 g/mol. The summed E-state index contributed by atoms with van der Waals surface area (Å²) in [5, 5.41) is 8.89. The molecule has 0 aromatic heterocycles. The highest BCUT2D eigenvalue weighted by molar-refractivity contribution is 7.89. The van der Waals surface area contributed by atoms with Gasteiger partial charge in [-0.15, -0.1) is 0 Å². The number of hydrogen-bond acceptors (Lipinski definition) is 3. The lowest BCUT2D eigenvalue weighted by Crippen LogP contribution is -2.40. The second kappa shape index (κ2) is 5.94. The molecule has 0 aliphatic heterocycles. The summed E-state index contributed by atoms with van der Waals surface area (Å²) in [5.41, 5.74) is 1.20. The zero-order valence-corrected chi connectivity index (χ0v) is 12.7. The summed E-state index contributed by atoms with van der Waals surface area (Å²) in [6, 6.07) is 6.69. The van der Waals surface area contributed by atoms with E-state index in [1.165, 1.54) is 12.5 Å². The van der Waals surface area contributed by atoms with E-state index < -0.39 is 10.0 Å². The molecule has 1 aliphatic rings. The molecule has 0 bridgehead atoms. The van der Waals surface area contributed by atoms with Gasteiger partial charge in [0.15, 0.2) is 0 Å². The zero-order valence-electron chi connectivity index (χ0n) is 11.9. The van der Waals surface area contributed by atoms with Crippen molar-refractivity contribution in [2.45, 2.75) is 50.5 Å². The minimum Gasteiger partial charge on any atom is -0.208 e. The number of nitrogens with one attached hydrogen (secondary N) is 1. The number of sulfonamides is 1. The summed E-state index contributed by atoms with van der Waals surface area (Å²) in [6.07, 6.45) is 4.22. The van der Waals surface area contributed by atoms with Crippen molar-refractivity contribution in [2.75, 3.05) is 0 Å². The van der Waals surface area contributed by atoms with E-state index >= 15 is 0 Å². The van der Waals surface area contributed by atoms with E-state index in [0.29, 0.717) is 17.0 Å². The van der Waals surface area contributed by atoms with Crippen LogP contribution in [0.4, 0.5) is 0 Å². The molecule has 1 saturated carbocycles. The van der Waals surface area contributed by atoms with Gasteiger partial charge in [0.1, 0.15) is 0 Å². The van der Waals surface area contributed by atoms with Crippen LogP contribution in [0.3, 0.4) is 0 Å². The van der Waals surface area contributed by atoms with Gasteiger partial charge in [-0.05, 0) is 49.4 Å². The average molecular weight is 292 g/mol. The molecule has 4 nitrogen and oxygen atoms in total. The van der Waals surface area contributed by atoms with E-state index in [0.717, 1.165) is 19.3 Å². The largest absolute Gasteiger partial charge is 0.240 e. The van der Waals surface area contributed by atoms with Crippen LogP contribution in [0.2, 0.25) is 0 Å². The molecular weight excluding hydrogens is 272 g/mol. The van der Waals surface area contributed by atoms with Gasteiger partial charge in [0, 0.05) is 6.04 Å². The molecule has 1 aromatic rings. The first kappa shape index (κ1) is 15.0. The lowest BCUT2D eigenvalue weighted by atomic mass is 9.87. The fourth-order valence-corrected chi connectivity index (χ4v) is 4.15. The third-order valence-electron chi connectivity index (χ3n) is 4.05. The van der Waals surface area contributed by atoms with Gasteiger partial charge in [-0.25, -0.2) is 13.1 Å². The third kappa shape index (κ3) is 3.20. The number of nitrogens with zero attached hydrogens (tertiary/aromatic N) is 1. The molecule has 2 rings (SSSR count). The van der Waals surface area contributed by atoms with Crippen LogP contribution in [0.1, 0.15) is 43.7 Å². The number of rotatable bonds is 3. The number of hydrogen-bond donors (Lipinski definition) is 1. The van der Waals surface area contributed by atoms with E-state index in [-0.39, 0.29) is 10.9 Å². The normalized spacial score (nSPS) is 23.2. The van der Waals surface area contributed by atoms with Crippen molar-refractivity contribution >= 4 is 10.0 Å². The number of nitriles is 1. The van der Waals surface area contributed by atoms with Crippen molar-refractivity contribution in [1.29, 1.82) is 5.26 Å². The summed E-state index contributed by atoms with van der Waals surface area (Å²) in [7, 11) is -3.50. The van der Waals surface area contributed by atoms with E-state index in [2.05, 4.69) is 11.6 Å². The molecule has 2 unspecified atom stereocenters. The van der Waals surface area contributed by atoms with Crippen LogP contribution in [0.5, 0.6) is 0 Å². The van der Waals surface area contributed by atoms with Gasteiger partial charge in [-0.2, -0.15) is 5.26 Å². The fraction of sp³-hybridized carbons (Fsp3) is 0.533. The SMILES string of the molecule is Cc1cc(S(=O)(=O)NC2CCCCC2C)ccc1C#N. The molecule has 1 N–H and O–H groups in total. The molecule has 1 aliphatic carbocycles. The van der Waals surface area contributed by atoms with Crippen molar-refractivity contribution in [1.82, 2.24) is 4.72 Å². The van der Waals surface area contributed by atoms with E-state index in [1.54, 1.807) is 19.1 Å². The minimum absolute atomic E-state index is 0.0182. The van der Waals surface area contributed by atoms with E-state index in [1.807, 2.05) is 6.07 Å². The molecule has 108 valence electrons. The molecule has 2 atom stereocenters. The van der Waals surface area contributed by atoms with Crippen LogP contribution >= 0.6 is 0 Å². The fourth-order valence-electron chi connectivity index (χ4n) is 2.69. The molecule has 1 aromatic carbocycles. The zero-order chi connectivity index (χ0) is 14.8. The Kier molecular flexibility index (Phi) is 4.46. The van der Waals surface area contributed by atoms with Gasteiger partial charge >= 0.3 is 0 Å². The summed E-state index contributed by atoms with van der Waals surface area (Å²) in [6.45, 7) is 3.84. The first-order valence-corrected chi connectivity index (χ1v) is 8.45. The average Bonchev–Trinajstić information content (AvgIpc) is 2.41. The van der Waals surface area contributed by atoms with E-state index in [9.17, 15) is 8.42 Å². The van der Waals surface area contributed by atoms with Crippen molar-refractivity contribution in [3.8, 4) is 6.07 Å². The Morgan fingerprint density at radius 1 is 1.30 bits per heavy atom. The Morgan fingerprint density at radius 2 is 2.00 bits per heavy atom. The Bertz CT molecular complexity index is 632. The molecule has 0 spiro atoms. The number of benzene rings is 1. The summed E-state index contributed by atoms with van der Waals surface area (Å²) in [4.78, 5) is 0.242. The lowest BCUT2D eigenvalue weighted by Gasteiger charge is -2.29. The lowest BCUT2D eigenvalue weighted by molar-refractivity contribution is 0.310. The quantitative estimate of drug-likeness (QED) is 0.931. The second-order valence-electron chi connectivity index (χ2n) is 5.58. The first-order valence-electron chi connectivity index (χ1n) is 6.97. The van der Waals surface area contributed by atoms with Crippen molar-refractivity contribution in [2.24, 2.45) is 5.92 Å². The summed E-state index contributed by atoms with van der Waals surface area (Å²) < 4.78 is 27.6.